The Kier molecular flexibility index (Phi) is 4.36. The summed E-state index contributed by atoms with van der Waals surface area (Å²) < 4.78 is 5.47. The maximum atomic E-state index is 12.7. The van der Waals surface area contributed by atoms with Crippen molar-refractivity contribution in [2.75, 3.05) is 16.8 Å². The predicted molar refractivity (Wildman–Crippen MR) is 104 cm³/mol. The second kappa shape index (κ2) is 6.70. The van der Waals surface area contributed by atoms with Crippen LogP contribution >= 0.6 is 11.6 Å². The summed E-state index contributed by atoms with van der Waals surface area (Å²) in [4.78, 5) is 31.1. The fourth-order valence-electron chi connectivity index (χ4n) is 3.31. The van der Waals surface area contributed by atoms with Gasteiger partial charge < -0.3 is 14.6 Å². The number of amides is 2. The van der Waals surface area contributed by atoms with Crippen molar-refractivity contribution < 1.29 is 14.0 Å². The molecule has 2 aromatic carbocycles. The molecule has 1 aromatic heterocycles. The smallest absolute Gasteiger partial charge is 0.229 e. The summed E-state index contributed by atoms with van der Waals surface area (Å²) in [5.74, 6) is -0.123. The number of carbonyl (C=O) groups is 2. The molecule has 1 unspecified atom stereocenters. The number of carbonyl (C=O) groups excluding carboxylic acids is 2. The molecular weight excluding hydrogens is 366 g/mol. The number of aryl methyl sites for hydroxylation is 1. The molecule has 1 saturated heterocycles. The van der Waals surface area contributed by atoms with Crippen LogP contribution in [-0.2, 0) is 9.59 Å². The number of nitrogens with zero attached hydrogens (tertiary/aromatic N) is 2. The van der Waals surface area contributed by atoms with Crippen molar-refractivity contribution in [2.24, 2.45) is 5.92 Å². The molecule has 1 aliphatic heterocycles. The highest BCUT2D eigenvalue weighted by Gasteiger charge is 2.35. The van der Waals surface area contributed by atoms with Crippen LogP contribution in [0.1, 0.15) is 17.9 Å². The lowest BCUT2D eigenvalue weighted by atomic mass is 10.1. The van der Waals surface area contributed by atoms with Gasteiger partial charge in [0.2, 0.25) is 11.8 Å². The molecule has 2 heterocycles. The van der Waals surface area contributed by atoms with Gasteiger partial charge in [0.15, 0.2) is 11.5 Å². The molecule has 1 N–H and O–H groups in total. The molecule has 1 aliphatic rings. The fraction of sp³-hybridized carbons (Fsp3) is 0.250. The SMILES string of the molecule is Cc1nc2cc(N3CC(C(=O)Nc4cccc(Cl)c4C)CC3=O)ccc2o1. The van der Waals surface area contributed by atoms with Gasteiger partial charge in [-0.3, -0.25) is 9.59 Å². The third kappa shape index (κ3) is 3.28. The lowest BCUT2D eigenvalue weighted by molar-refractivity contribution is -0.122. The summed E-state index contributed by atoms with van der Waals surface area (Å²) in [7, 11) is 0. The third-order valence-corrected chi connectivity index (χ3v) is 5.22. The molecule has 2 amide bonds. The van der Waals surface area contributed by atoms with Crippen molar-refractivity contribution in [3.8, 4) is 0 Å². The Hall–Kier alpha value is -2.86. The molecule has 0 bridgehead atoms. The number of benzene rings is 2. The highest BCUT2D eigenvalue weighted by Crippen LogP contribution is 2.30. The second-order valence-electron chi connectivity index (χ2n) is 6.69. The average molecular weight is 384 g/mol. The maximum absolute atomic E-state index is 12.7. The van der Waals surface area contributed by atoms with E-state index in [1.807, 2.05) is 19.1 Å². The van der Waals surface area contributed by atoms with Crippen molar-refractivity contribution in [1.82, 2.24) is 4.98 Å². The van der Waals surface area contributed by atoms with Gasteiger partial charge in [0.1, 0.15) is 5.52 Å². The lowest BCUT2D eigenvalue weighted by Gasteiger charge is -2.17. The Labute approximate surface area is 161 Å². The van der Waals surface area contributed by atoms with Gasteiger partial charge in [-0.2, -0.15) is 0 Å². The molecule has 4 rings (SSSR count). The van der Waals surface area contributed by atoms with Crippen LogP contribution in [0.25, 0.3) is 11.1 Å². The largest absolute Gasteiger partial charge is 0.441 e. The zero-order valence-electron chi connectivity index (χ0n) is 15.0. The first-order valence-corrected chi connectivity index (χ1v) is 9.03. The van der Waals surface area contributed by atoms with E-state index in [1.165, 1.54) is 0 Å². The molecule has 0 saturated carbocycles. The number of rotatable bonds is 3. The number of halogens is 1. The number of fused-ring (bicyclic) bond motifs is 1. The topological polar surface area (TPSA) is 75.4 Å². The van der Waals surface area contributed by atoms with Crippen molar-refractivity contribution in [3.63, 3.8) is 0 Å². The van der Waals surface area contributed by atoms with Crippen LogP contribution in [0.5, 0.6) is 0 Å². The van der Waals surface area contributed by atoms with Crippen LogP contribution in [0.2, 0.25) is 5.02 Å². The normalized spacial score (nSPS) is 16.9. The monoisotopic (exact) mass is 383 g/mol. The van der Waals surface area contributed by atoms with Gasteiger partial charge in [-0.05, 0) is 42.8 Å². The number of aromatic nitrogens is 1. The molecule has 27 heavy (non-hydrogen) atoms. The molecule has 0 radical (unpaired) electrons. The van der Waals surface area contributed by atoms with Gasteiger partial charge in [-0.25, -0.2) is 4.98 Å². The minimum absolute atomic E-state index is 0.0856. The molecule has 3 aromatic rings. The number of nitrogens with one attached hydrogen (secondary N) is 1. The summed E-state index contributed by atoms with van der Waals surface area (Å²) in [6, 6.07) is 10.8. The predicted octanol–water partition coefficient (Wildman–Crippen LogP) is 4.09. The van der Waals surface area contributed by atoms with Gasteiger partial charge in [-0.15, -0.1) is 0 Å². The van der Waals surface area contributed by atoms with Crippen LogP contribution in [-0.4, -0.2) is 23.3 Å². The number of anilines is 2. The van der Waals surface area contributed by atoms with Crippen LogP contribution in [0.15, 0.2) is 40.8 Å². The molecule has 0 spiro atoms. The van der Waals surface area contributed by atoms with Crippen LogP contribution in [0, 0.1) is 19.8 Å². The van der Waals surface area contributed by atoms with Crippen molar-refractivity contribution in [1.29, 1.82) is 0 Å². The Morgan fingerprint density at radius 3 is 2.93 bits per heavy atom. The Morgan fingerprint density at radius 2 is 2.11 bits per heavy atom. The van der Waals surface area contributed by atoms with E-state index in [9.17, 15) is 9.59 Å². The van der Waals surface area contributed by atoms with E-state index in [0.29, 0.717) is 34.2 Å². The molecule has 138 valence electrons. The van der Waals surface area contributed by atoms with Gasteiger partial charge in [0.05, 0.1) is 5.92 Å². The molecule has 1 atom stereocenters. The van der Waals surface area contributed by atoms with E-state index < -0.39 is 5.92 Å². The number of hydrogen-bond donors (Lipinski definition) is 1. The summed E-state index contributed by atoms with van der Waals surface area (Å²) in [6.07, 6.45) is 0.168. The first-order valence-electron chi connectivity index (χ1n) is 8.66. The highest BCUT2D eigenvalue weighted by atomic mass is 35.5. The molecular formula is C20H18ClN3O3. The minimum Gasteiger partial charge on any atom is -0.441 e. The molecule has 7 heteroatoms. The quantitative estimate of drug-likeness (QED) is 0.739. The summed E-state index contributed by atoms with van der Waals surface area (Å²) in [6.45, 7) is 3.95. The van der Waals surface area contributed by atoms with Crippen LogP contribution in [0.4, 0.5) is 11.4 Å². The number of hydrogen-bond acceptors (Lipinski definition) is 4. The minimum atomic E-state index is -0.425. The van der Waals surface area contributed by atoms with E-state index in [2.05, 4.69) is 10.3 Å². The van der Waals surface area contributed by atoms with Crippen molar-refractivity contribution in [3.05, 3.63) is 52.9 Å². The first-order chi connectivity index (χ1) is 12.9. The van der Waals surface area contributed by atoms with E-state index in [0.717, 1.165) is 11.3 Å². The third-order valence-electron chi connectivity index (χ3n) is 4.81. The van der Waals surface area contributed by atoms with Gasteiger partial charge in [-0.1, -0.05) is 17.7 Å². The van der Waals surface area contributed by atoms with Crippen molar-refractivity contribution in [2.45, 2.75) is 20.3 Å². The Balaban J connectivity index is 1.52. The maximum Gasteiger partial charge on any atom is 0.229 e. The Morgan fingerprint density at radius 1 is 1.30 bits per heavy atom. The highest BCUT2D eigenvalue weighted by molar-refractivity contribution is 6.31. The Bertz CT molecular complexity index is 1060. The molecule has 6 nitrogen and oxygen atoms in total. The molecule has 1 fully saturated rings. The van der Waals surface area contributed by atoms with E-state index in [-0.39, 0.29) is 18.2 Å². The summed E-state index contributed by atoms with van der Waals surface area (Å²) in [5, 5.41) is 3.48. The zero-order chi connectivity index (χ0) is 19.1. The van der Waals surface area contributed by atoms with E-state index in [1.54, 1.807) is 36.1 Å². The van der Waals surface area contributed by atoms with Gasteiger partial charge >= 0.3 is 0 Å². The number of oxazole rings is 1. The van der Waals surface area contributed by atoms with Gasteiger partial charge in [0, 0.05) is 36.3 Å². The lowest BCUT2D eigenvalue weighted by Crippen LogP contribution is -2.28. The average Bonchev–Trinajstić information content (AvgIpc) is 3.20. The van der Waals surface area contributed by atoms with E-state index in [4.69, 9.17) is 16.0 Å². The first kappa shape index (κ1) is 17.5. The van der Waals surface area contributed by atoms with Crippen molar-refractivity contribution >= 4 is 45.9 Å². The van der Waals surface area contributed by atoms with E-state index >= 15 is 0 Å². The zero-order valence-corrected chi connectivity index (χ0v) is 15.7. The second-order valence-corrected chi connectivity index (χ2v) is 7.10. The van der Waals surface area contributed by atoms with Crippen LogP contribution in [0.3, 0.4) is 0 Å². The summed E-state index contributed by atoms with van der Waals surface area (Å²) >= 11 is 6.11. The van der Waals surface area contributed by atoms with Crippen LogP contribution < -0.4 is 10.2 Å². The fourth-order valence-corrected chi connectivity index (χ4v) is 3.48. The summed E-state index contributed by atoms with van der Waals surface area (Å²) in [5.41, 5.74) is 3.56. The standard InChI is InChI=1S/C20H18ClN3O3/c1-11-15(21)4-3-5-16(11)23-20(26)13-8-19(25)24(10-13)14-6-7-18-17(9-14)22-12(2)27-18/h3-7,9,13H,8,10H2,1-2H3,(H,23,26). The van der Waals surface area contributed by atoms with Gasteiger partial charge in [0.25, 0.3) is 0 Å². The molecule has 0 aliphatic carbocycles.